The van der Waals surface area contributed by atoms with E-state index >= 15 is 0 Å². The van der Waals surface area contributed by atoms with Gasteiger partial charge in [-0.1, -0.05) is 6.92 Å². The van der Waals surface area contributed by atoms with E-state index in [-0.39, 0.29) is 11.8 Å². The monoisotopic (exact) mass is 328 g/mol. The molecular formula is C17H24N6O. The molecular weight excluding hydrogens is 304 g/mol. The molecule has 128 valence electrons. The number of carbonyl (C=O) groups is 1. The molecule has 1 unspecified atom stereocenters. The lowest BCUT2D eigenvalue weighted by Crippen LogP contribution is -2.43. The van der Waals surface area contributed by atoms with Gasteiger partial charge in [-0.15, -0.1) is 0 Å². The summed E-state index contributed by atoms with van der Waals surface area (Å²) >= 11 is 0. The van der Waals surface area contributed by atoms with E-state index in [1.54, 1.807) is 17.1 Å². The molecule has 1 atom stereocenters. The minimum absolute atomic E-state index is 0.00175. The number of hydrogen-bond donors (Lipinski definition) is 2. The fourth-order valence-corrected chi connectivity index (χ4v) is 2.88. The van der Waals surface area contributed by atoms with Crippen molar-refractivity contribution >= 4 is 17.3 Å². The smallest absolute Gasteiger partial charge is 0.227 e. The molecule has 2 aromatic rings. The Bertz CT molecular complexity index is 692. The second-order valence-electron chi connectivity index (χ2n) is 6.29. The number of rotatable bonds is 5. The van der Waals surface area contributed by atoms with Crippen molar-refractivity contribution in [1.29, 1.82) is 0 Å². The highest BCUT2D eigenvalue weighted by Crippen LogP contribution is 2.19. The molecule has 0 spiro atoms. The average Bonchev–Trinajstić information content (AvgIpc) is 3.00. The maximum Gasteiger partial charge on any atom is 0.227 e. The van der Waals surface area contributed by atoms with E-state index in [4.69, 9.17) is 0 Å². The molecule has 3 heterocycles. The molecule has 0 radical (unpaired) electrons. The molecule has 0 aromatic carbocycles. The van der Waals surface area contributed by atoms with Crippen LogP contribution in [0.15, 0.2) is 30.9 Å². The molecule has 1 saturated heterocycles. The Morgan fingerprint density at radius 1 is 1.33 bits per heavy atom. The van der Waals surface area contributed by atoms with Gasteiger partial charge in [0, 0.05) is 45.3 Å². The molecule has 24 heavy (non-hydrogen) atoms. The fourth-order valence-electron chi connectivity index (χ4n) is 2.88. The maximum atomic E-state index is 12.4. The zero-order valence-corrected chi connectivity index (χ0v) is 14.2. The number of aryl methyl sites for hydroxylation is 1. The van der Waals surface area contributed by atoms with Crippen molar-refractivity contribution in [3.8, 4) is 0 Å². The number of nitrogens with one attached hydrogen (secondary N) is 2. The molecule has 2 aromatic heterocycles. The summed E-state index contributed by atoms with van der Waals surface area (Å²) in [6, 6.07) is 1.99. The van der Waals surface area contributed by atoms with Gasteiger partial charge in [0.25, 0.3) is 0 Å². The maximum absolute atomic E-state index is 12.4. The lowest BCUT2D eigenvalue weighted by atomic mass is 10.0. The van der Waals surface area contributed by atoms with Crippen molar-refractivity contribution in [2.24, 2.45) is 13.0 Å². The second-order valence-corrected chi connectivity index (χ2v) is 6.29. The number of pyridine rings is 1. The third-order valence-electron chi connectivity index (χ3n) is 4.22. The van der Waals surface area contributed by atoms with E-state index in [2.05, 4.69) is 25.6 Å². The second kappa shape index (κ2) is 7.44. The van der Waals surface area contributed by atoms with E-state index in [1.165, 1.54) is 0 Å². The Kier molecular flexibility index (Phi) is 5.10. The van der Waals surface area contributed by atoms with Crippen LogP contribution in [-0.4, -0.2) is 46.9 Å². The summed E-state index contributed by atoms with van der Waals surface area (Å²) in [5, 5.41) is 10.5. The van der Waals surface area contributed by atoms with Crippen LogP contribution in [-0.2, 0) is 18.3 Å². The zero-order valence-electron chi connectivity index (χ0n) is 14.2. The summed E-state index contributed by atoms with van der Waals surface area (Å²) in [4.78, 5) is 19.0. The van der Waals surface area contributed by atoms with Gasteiger partial charge in [0.05, 0.1) is 30.0 Å². The predicted octanol–water partition coefficient (Wildman–Crippen LogP) is 1.04. The van der Waals surface area contributed by atoms with Gasteiger partial charge in [0.2, 0.25) is 5.91 Å². The van der Waals surface area contributed by atoms with Gasteiger partial charge >= 0.3 is 0 Å². The summed E-state index contributed by atoms with van der Waals surface area (Å²) in [6.45, 7) is 5.78. The quantitative estimate of drug-likeness (QED) is 0.858. The molecule has 0 saturated carbocycles. The van der Waals surface area contributed by atoms with E-state index in [0.29, 0.717) is 6.42 Å². The Hall–Kier alpha value is -2.41. The van der Waals surface area contributed by atoms with Crippen molar-refractivity contribution in [3.63, 3.8) is 0 Å². The van der Waals surface area contributed by atoms with Crippen LogP contribution in [0.25, 0.3) is 0 Å². The van der Waals surface area contributed by atoms with Crippen molar-refractivity contribution in [2.45, 2.75) is 13.3 Å². The topological polar surface area (TPSA) is 75.1 Å². The number of piperazine rings is 1. The van der Waals surface area contributed by atoms with E-state index in [9.17, 15) is 4.79 Å². The molecule has 7 nitrogen and oxygen atoms in total. The SMILES string of the molecule is CC(Cc1cnn(C)c1)C(=O)Nc1cncc(N2CCNCC2)c1. The number of hydrogen-bond acceptors (Lipinski definition) is 5. The van der Waals surface area contributed by atoms with Crippen LogP contribution >= 0.6 is 0 Å². The largest absolute Gasteiger partial charge is 0.368 e. The Morgan fingerprint density at radius 3 is 2.83 bits per heavy atom. The van der Waals surface area contributed by atoms with Crippen molar-refractivity contribution in [1.82, 2.24) is 20.1 Å². The van der Waals surface area contributed by atoms with Crippen molar-refractivity contribution < 1.29 is 4.79 Å². The van der Waals surface area contributed by atoms with Gasteiger partial charge in [-0.2, -0.15) is 5.10 Å². The number of carbonyl (C=O) groups excluding carboxylic acids is 1. The van der Waals surface area contributed by atoms with Crippen LogP contribution in [0.5, 0.6) is 0 Å². The first kappa shape index (κ1) is 16.4. The fraction of sp³-hybridized carbons (Fsp3) is 0.471. The normalized spacial score (nSPS) is 16.0. The molecule has 1 aliphatic rings. The average molecular weight is 328 g/mol. The zero-order chi connectivity index (χ0) is 16.9. The van der Waals surface area contributed by atoms with Gasteiger partial charge in [-0.05, 0) is 18.1 Å². The summed E-state index contributed by atoms with van der Waals surface area (Å²) in [5.41, 5.74) is 2.86. The Labute approximate surface area is 142 Å². The minimum Gasteiger partial charge on any atom is -0.368 e. The molecule has 2 N–H and O–H groups in total. The molecule has 0 aliphatic carbocycles. The summed E-state index contributed by atoms with van der Waals surface area (Å²) in [5.74, 6) is -0.129. The molecule has 1 fully saturated rings. The third kappa shape index (κ3) is 4.11. The van der Waals surface area contributed by atoms with Crippen LogP contribution in [0.4, 0.5) is 11.4 Å². The van der Waals surface area contributed by atoms with Crippen LogP contribution in [0.3, 0.4) is 0 Å². The molecule has 1 amide bonds. The number of anilines is 2. The first-order chi connectivity index (χ1) is 11.6. The summed E-state index contributed by atoms with van der Waals surface area (Å²) in [7, 11) is 1.88. The van der Waals surface area contributed by atoms with Gasteiger partial charge in [0.15, 0.2) is 0 Å². The first-order valence-electron chi connectivity index (χ1n) is 8.31. The van der Waals surface area contributed by atoms with Crippen LogP contribution in [0, 0.1) is 5.92 Å². The van der Waals surface area contributed by atoms with Gasteiger partial charge in [0.1, 0.15) is 0 Å². The summed E-state index contributed by atoms with van der Waals surface area (Å²) in [6.07, 6.45) is 7.96. The highest BCUT2D eigenvalue weighted by molar-refractivity contribution is 5.92. The Balaban J connectivity index is 1.61. The van der Waals surface area contributed by atoms with Crippen molar-refractivity contribution in [3.05, 3.63) is 36.4 Å². The molecule has 3 rings (SSSR count). The van der Waals surface area contributed by atoms with Crippen LogP contribution in [0.2, 0.25) is 0 Å². The number of amides is 1. The lowest BCUT2D eigenvalue weighted by molar-refractivity contribution is -0.119. The van der Waals surface area contributed by atoms with E-state index < -0.39 is 0 Å². The molecule has 7 heteroatoms. The van der Waals surface area contributed by atoms with Crippen molar-refractivity contribution in [2.75, 3.05) is 36.4 Å². The van der Waals surface area contributed by atoms with Crippen LogP contribution in [0.1, 0.15) is 12.5 Å². The molecule has 0 bridgehead atoms. The minimum atomic E-state index is -0.128. The van der Waals surface area contributed by atoms with Gasteiger partial charge < -0.3 is 15.5 Å². The van der Waals surface area contributed by atoms with Gasteiger partial charge in [-0.3, -0.25) is 14.5 Å². The lowest BCUT2D eigenvalue weighted by Gasteiger charge is -2.29. The number of nitrogens with zero attached hydrogens (tertiary/aromatic N) is 4. The Morgan fingerprint density at radius 2 is 2.12 bits per heavy atom. The highest BCUT2D eigenvalue weighted by atomic mass is 16.1. The first-order valence-corrected chi connectivity index (χ1v) is 8.31. The van der Waals surface area contributed by atoms with Crippen LogP contribution < -0.4 is 15.5 Å². The summed E-state index contributed by atoms with van der Waals surface area (Å²) < 4.78 is 1.75. The van der Waals surface area contributed by atoms with E-state index in [0.717, 1.165) is 43.1 Å². The molecule has 1 aliphatic heterocycles. The standard InChI is InChI=1S/C17H24N6O/c1-13(7-14-9-20-22(2)12-14)17(24)21-15-8-16(11-19-10-15)23-5-3-18-4-6-23/h8-13,18H,3-7H2,1-2H3,(H,21,24). The highest BCUT2D eigenvalue weighted by Gasteiger charge is 2.16. The third-order valence-corrected chi connectivity index (χ3v) is 4.22. The van der Waals surface area contributed by atoms with Gasteiger partial charge in [-0.25, -0.2) is 0 Å². The predicted molar refractivity (Wildman–Crippen MR) is 94.0 cm³/mol. The number of aromatic nitrogens is 3. The van der Waals surface area contributed by atoms with E-state index in [1.807, 2.05) is 32.4 Å².